The zero-order valence-corrected chi connectivity index (χ0v) is 13.6. The first-order chi connectivity index (χ1) is 9.74. The zero-order chi connectivity index (χ0) is 15.8. The molecule has 2 nitrogen and oxygen atoms in total. The van der Waals surface area contributed by atoms with E-state index in [0.29, 0.717) is 27.5 Å². The summed E-state index contributed by atoms with van der Waals surface area (Å²) in [4.78, 5) is 11.2. The molecule has 0 aliphatic carbocycles. The highest BCUT2D eigenvalue weighted by Gasteiger charge is 2.20. The molecule has 4 heteroatoms. The van der Waals surface area contributed by atoms with Crippen LogP contribution in [0.2, 0.25) is 10.0 Å². The van der Waals surface area contributed by atoms with Crippen LogP contribution in [-0.2, 0) is 5.41 Å². The maximum atomic E-state index is 11.2. The molecule has 2 rings (SSSR count). The molecule has 0 atom stereocenters. The lowest BCUT2D eigenvalue weighted by atomic mass is 9.84. The molecule has 2 aromatic carbocycles. The van der Waals surface area contributed by atoms with E-state index < -0.39 is 0 Å². The number of carbonyl (C=O) groups excluding carboxylic acids is 1. The summed E-state index contributed by atoms with van der Waals surface area (Å²) in [5, 5.41) is 11.3. The second-order valence-electron chi connectivity index (χ2n) is 5.95. The number of hydrogen-bond donors (Lipinski definition) is 1. The summed E-state index contributed by atoms with van der Waals surface area (Å²) in [5.74, 6) is -0.0674. The van der Waals surface area contributed by atoms with Gasteiger partial charge < -0.3 is 5.11 Å². The second kappa shape index (κ2) is 5.70. The zero-order valence-electron chi connectivity index (χ0n) is 12.1. The molecule has 2 aromatic rings. The molecule has 0 amide bonds. The van der Waals surface area contributed by atoms with Gasteiger partial charge in [-0.2, -0.15) is 0 Å². The summed E-state index contributed by atoms with van der Waals surface area (Å²) in [6.07, 6.45) is 0.651. The van der Waals surface area contributed by atoms with Gasteiger partial charge in [0.2, 0.25) is 0 Å². The van der Waals surface area contributed by atoms with E-state index in [4.69, 9.17) is 23.2 Å². The van der Waals surface area contributed by atoms with Crippen LogP contribution in [0.4, 0.5) is 0 Å². The van der Waals surface area contributed by atoms with E-state index in [1.165, 1.54) is 0 Å². The molecule has 21 heavy (non-hydrogen) atoms. The van der Waals surface area contributed by atoms with E-state index >= 15 is 0 Å². The van der Waals surface area contributed by atoms with Gasteiger partial charge in [0.05, 0.1) is 10.6 Å². The highest BCUT2D eigenvalue weighted by molar-refractivity contribution is 6.36. The van der Waals surface area contributed by atoms with Crippen molar-refractivity contribution in [1.29, 1.82) is 0 Å². The van der Waals surface area contributed by atoms with Gasteiger partial charge in [0.25, 0.3) is 0 Å². The van der Waals surface area contributed by atoms with Crippen molar-refractivity contribution in [2.75, 3.05) is 0 Å². The van der Waals surface area contributed by atoms with Crippen molar-refractivity contribution in [2.24, 2.45) is 0 Å². The van der Waals surface area contributed by atoms with Gasteiger partial charge in [0.15, 0.2) is 6.29 Å². The van der Waals surface area contributed by atoms with Crippen molar-refractivity contribution < 1.29 is 9.90 Å². The van der Waals surface area contributed by atoms with Crippen LogP contribution in [0.5, 0.6) is 5.75 Å². The molecule has 110 valence electrons. The van der Waals surface area contributed by atoms with Crippen molar-refractivity contribution in [2.45, 2.75) is 26.2 Å². The molecule has 0 aromatic heterocycles. The average molecular weight is 323 g/mol. The van der Waals surface area contributed by atoms with Gasteiger partial charge in [-0.15, -0.1) is 0 Å². The third kappa shape index (κ3) is 3.22. The molecule has 0 bridgehead atoms. The number of hydrogen-bond acceptors (Lipinski definition) is 2. The summed E-state index contributed by atoms with van der Waals surface area (Å²) in [5.41, 5.74) is 2.23. The van der Waals surface area contributed by atoms with Gasteiger partial charge in [-0.3, -0.25) is 4.79 Å². The third-order valence-electron chi connectivity index (χ3n) is 3.35. The Morgan fingerprint density at radius 3 is 2.24 bits per heavy atom. The molecule has 0 saturated carbocycles. The predicted molar refractivity (Wildman–Crippen MR) is 87.7 cm³/mol. The predicted octanol–water partition coefficient (Wildman–Crippen LogP) is 5.48. The summed E-state index contributed by atoms with van der Waals surface area (Å²) < 4.78 is 0. The standard InChI is InChI=1S/C17H16Cl2O2/c1-17(2,3)11-6-10(9-20)16(21)14(7-11)13-5-4-12(18)8-15(13)19/h4-9,21H,1-3H3. The molecule has 0 radical (unpaired) electrons. The number of aromatic hydroxyl groups is 1. The minimum Gasteiger partial charge on any atom is -0.507 e. The van der Waals surface area contributed by atoms with Gasteiger partial charge in [0, 0.05) is 16.1 Å². The number of benzene rings is 2. The molecular weight excluding hydrogens is 307 g/mol. The van der Waals surface area contributed by atoms with Crippen LogP contribution in [-0.4, -0.2) is 11.4 Å². The lowest BCUT2D eigenvalue weighted by Gasteiger charge is -2.22. The molecular formula is C17H16Cl2O2. The summed E-state index contributed by atoms with van der Waals surface area (Å²) in [6.45, 7) is 6.13. The Kier molecular flexibility index (Phi) is 4.31. The number of phenols is 1. The van der Waals surface area contributed by atoms with Crippen molar-refractivity contribution in [3.05, 3.63) is 51.5 Å². The van der Waals surface area contributed by atoms with E-state index in [-0.39, 0.29) is 16.7 Å². The topological polar surface area (TPSA) is 37.3 Å². The molecule has 0 aliphatic rings. The average Bonchev–Trinajstić information content (AvgIpc) is 2.38. The Bertz CT molecular complexity index is 701. The number of carbonyl (C=O) groups is 1. The second-order valence-corrected chi connectivity index (χ2v) is 6.80. The van der Waals surface area contributed by atoms with Crippen LogP contribution in [0.1, 0.15) is 36.7 Å². The van der Waals surface area contributed by atoms with Crippen LogP contribution in [0.3, 0.4) is 0 Å². The van der Waals surface area contributed by atoms with Crippen molar-refractivity contribution in [3.8, 4) is 16.9 Å². The Labute approximate surface area is 134 Å². The summed E-state index contributed by atoms with van der Waals surface area (Å²) in [7, 11) is 0. The lowest BCUT2D eigenvalue weighted by molar-refractivity contribution is 0.112. The van der Waals surface area contributed by atoms with Crippen LogP contribution >= 0.6 is 23.2 Å². The molecule has 0 heterocycles. The van der Waals surface area contributed by atoms with E-state index in [2.05, 4.69) is 0 Å². The third-order valence-corrected chi connectivity index (χ3v) is 3.90. The minimum absolute atomic E-state index is 0.0674. The first kappa shape index (κ1) is 15.9. The highest BCUT2D eigenvalue weighted by Crippen LogP contribution is 2.40. The van der Waals surface area contributed by atoms with Gasteiger partial charge in [-0.25, -0.2) is 0 Å². The quantitative estimate of drug-likeness (QED) is 0.744. The van der Waals surface area contributed by atoms with Gasteiger partial charge in [-0.05, 0) is 35.2 Å². The van der Waals surface area contributed by atoms with E-state index in [0.717, 1.165) is 5.56 Å². The Hall–Kier alpha value is -1.51. The van der Waals surface area contributed by atoms with E-state index in [1.54, 1.807) is 24.3 Å². The molecule has 0 fully saturated rings. The minimum atomic E-state index is -0.154. The number of halogens is 2. The summed E-state index contributed by atoms with van der Waals surface area (Å²) >= 11 is 12.1. The van der Waals surface area contributed by atoms with Crippen molar-refractivity contribution in [3.63, 3.8) is 0 Å². The number of aldehydes is 1. The van der Waals surface area contributed by atoms with Crippen molar-refractivity contribution in [1.82, 2.24) is 0 Å². The Balaban J connectivity index is 2.75. The first-order valence-electron chi connectivity index (χ1n) is 6.52. The van der Waals surface area contributed by atoms with E-state index in [9.17, 15) is 9.90 Å². The SMILES string of the molecule is CC(C)(C)c1cc(C=O)c(O)c(-c2ccc(Cl)cc2Cl)c1. The fraction of sp³-hybridized carbons (Fsp3) is 0.235. The lowest BCUT2D eigenvalue weighted by Crippen LogP contribution is -2.12. The fourth-order valence-electron chi connectivity index (χ4n) is 2.09. The number of rotatable bonds is 2. The van der Waals surface area contributed by atoms with Gasteiger partial charge in [-0.1, -0.05) is 50.0 Å². The summed E-state index contributed by atoms with van der Waals surface area (Å²) in [6, 6.07) is 8.61. The first-order valence-corrected chi connectivity index (χ1v) is 7.27. The molecule has 0 aliphatic heterocycles. The van der Waals surface area contributed by atoms with Crippen LogP contribution in [0.15, 0.2) is 30.3 Å². The molecule has 0 saturated heterocycles. The highest BCUT2D eigenvalue weighted by atomic mass is 35.5. The smallest absolute Gasteiger partial charge is 0.153 e. The number of phenolic OH excluding ortho intramolecular Hbond substituents is 1. The Morgan fingerprint density at radius 2 is 1.71 bits per heavy atom. The normalized spacial score (nSPS) is 11.5. The van der Waals surface area contributed by atoms with Gasteiger partial charge >= 0.3 is 0 Å². The van der Waals surface area contributed by atoms with Crippen LogP contribution in [0.25, 0.3) is 11.1 Å². The van der Waals surface area contributed by atoms with Gasteiger partial charge in [0.1, 0.15) is 5.75 Å². The maximum absolute atomic E-state index is 11.2. The fourth-order valence-corrected chi connectivity index (χ4v) is 2.60. The van der Waals surface area contributed by atoms with Crippen LogP contribution < -0.4 is 0 Å². The molecule has 1 N–H and O–H groups in total. The van der Waals surface area contributed by atoms with Crippen molar-refractivity contribution >= 4 is 29.5 Å². The molecule has 0 spiro atoms. The molecule has 0 unspecified atom stereocenters. The largest absolute Gasteiger partial charge is 0.507 e. The monoisotopic (exact) mass is 322 g/mol. The maximum Gasteiger partial charge on any atom is 0.153 e. The Morgan fingerprint density at radius 1 is 1.05 bits per heavy atom. The van der Waals surface area contributed by atoms with E-state index in [1.807, 2.05) is 26.8 Å². The van der Waals surface area contributed by atoms with Crippen LogP contribution in [0, 0.1) is 0 Å².